The summed E-state index contributed by atoms with van der Waals surface area (Å²) in [5, 5.41) is 3.01. The Kier molecular flexibility index (Phi) is 7.58. The van der Waals surface area contributed by atoms with Gasteiger partial charge >= 0.3 is 5.97 Å². The minimum Gasteiger partial charge on any atom is -0.465 e. The van der Waals surface area contributed by atoms with E-state index in [1.54, 1.807) is 31.2 Å². The Balaban J connectivity index is 2.29. The number of aryl methyl sites for hydroxylation is 2. The van der Waals surface area contributed by atoms with E-state index in [2.05, 4.69) is 5.32 Å². The molecule has 0 radical (unpaired) electrons. The molecule has 148 valence electrons. The van der Waals surface area contributed by atoms with E-state index in [1.165, 1.54) is 4.90 Å². The Morgan fingerprint density at radius 1 is 1.04 bits per heavy atom. The quantitative estimate of drug-likeness (QED) is 0.721. The van der Waals surface area contributed by atoms with Crippen molar-refractivity contribution in [1.29, 1.82) is 0 Å². The van der Waals surface area contributed by atoms with E-state index in [4.69, 9.17) is 16.3 Å². The Morgan fingerprint density at radius 2 is 1.64 bits per heavy atom. The molecule has 1 N–H and O–H groups in total. The van der Waals surface area contributed by atoms with Crippen LogP contribution in [0.4, 0.5) is 5.69 Å². The molecule has 0 aromatic heterocycles. The number of anilines is 1. The second-order valence-electron chi connectivity index (χ2n) is 6.22. The smallest absolute Gasteiger partial charge is 0.325 e. The van der Waals surface area contributed by atoms with E-state index in [0.717, 1.165) is 11.1 Å². The molecule has 28 heavy (non-hydrogen) atoms. The largest absolute Gasteiger partial charge is 0.465 e. The Morgan fingerprint density at radius 3 is 2.21 bits per heavy atom. The third-order valence-electron chi connectivity index (χ3n) is 4.08. The van der Waals surface area contributed by atoms with Gasteiger partial charge in [0.15, 0.2) is 0 Å². The second kappa shape index (κ2) is 9.90. The van der Waals surface area contributed by atoms with Crippen LogP contribution in [0.15, 0.2) is 42.5 Å². The maximum atomic E-state index is 13.1. The number of para-hydroxylation sites is 1. The number of hydrogen-bond donors (Lipinski definition) is 1. The Bertz CT molecular complexity index is 845. The van der Waals surface area contributed by atoms with Crippen molar-refractivity contribution >= 4 is 35.1 Å². The minimum absolute atomic E-state index is 0.230. The van der Waals surface area contributed by atoms with Crippen LogP contribution in [0.1, 0.15) is 28.4 Å². The summed E-state index contributed by atoms with van der Waals surface area (Å²) in [5.74, 6) is -1.32. The molecule has 2 rings (SSSR count). The molecule has 0 heterocycles. The van der Waals surface area contributed by atoms with Crippen LogP contribution in [0.3, 0.4) is 0 Å². The molecule has 6 nitrogen and oxygen atoms in total. The number of hydrogen-bond acceptors (Lipinski definition) is 4. The number of ether oxygens (including phenoxy) is 1. The molecule has 2 aromatic carbocycles. The van der Waals surface area contributed by atoms with Crippen LogP contribution in [0.5, 0.6) is 0 Å². The van der Waals surface area contributed by atoms with Crippen LogP contribution in [0, 0.1) is 13.8 Å². The number of amides is 2. The molecule has 0 fully saturated rings. The fourth-order valence-corrected chi connectivity index (χ4v) is 2.94. The van der Waals surface area contributed by atoms with Gasteiger partial charge in [-0.15, -0.1) is 0 Å². The number of halogens is 1. The molecule has 0 unspecified atom stereocenters. The zero-order valence-electron chi connectivity index (χ0n) is 16.1. The normalized spacial score (nSPS) is 10.3. The minimum atomic E-state index is -0.529. The summed E-state index contributed by atoms with van der Waals surface area (Å²) in [6, 6.07) is 12.1. The van der Waals surface area contributed by atoms with Crippen molar-refractivity contribution in [2.45, 2.75) is 20.8 Å². The second-order valence-corrected chi connectivity index (χ2v) is 6.66. The van der Waals surface area contributed by atoms with Crippen LogP contribution in [-0.4, -0.2) is 37.5 Å². The first-order chi connectivity index (χ1) is 13.3. The highest BCUT2D eigenvalue weighted by Crippen LogP contribution is 2.26. The molecule has 0 bridgehead atoms. The molecular formula is C21H23ClN2O4. The lowest BCUT2D eigenvalue weighted by molar-refractivity contribution is -0.143. The van der Waals surface area contributed by atoms with Crippen LogP contribution >= 0.6 is 11.6 Å². The first-order valence-electron chi connectivity index (χ1n) is 8.89. The first-order valence-corrected chi connectivity index (χ1v) is 9.27. The van der Waals surface area contributed by atoms with Crippen molar-refractivity contribution in [1.82, 2.24) is 5.32 Å². The number of benzene rings is 2. The summed E-state index contributed by atoms with van der Waals surface area (Å²) in [7, 11) is 0. The van der Waals surface area contributed by atoms with Gasteiger partial charge in [-0.2, -0.15) is 0 Å². The Hall–Kier alpha value is -2.86. The standard InChI is InChI=1S/C21H23ClN2O4/c1-4-28-19(26)12-23-18(25)13-24(20-14(2)6-5-7-15(20)3)21(27)16-8-10-17(22)11-9-16/h5-11H,4,12-13H2,1-3H3,(H,23,25). The molecule has 0 atom stereocenters. The van der Waals surface area contributed by atoms with E-state index in [9.17, 15) is 14.4 Å². The maximum absolute atomic E-state index is 13.1. The van der Waals surface area contributed by atoms with Crippen molar-refractivity contribution < 1.29 is 19.1 Å². The number of nitrogens with zero attached hydrogens (tertiary/aromatic N) is 1. The monoisotopic (exact) mass is 402 g/mol. The zero-order valence-corrected chi connectivity index (χ0v) is 16.9. The average molecular weight is 403 g/mol. The molecule has 0 spiro atoms. The lowest BCUT2D eigenvalue weighted by Crippen LogP contribution is -2.43. The third kappa shape index (κ3) is 5.57. The highest BCUT2D eigenvalue weighted by Gasteiger charge is 2.24. The number of nitrogens with one attached hydrogen (secondary N) is 1. The molecule has 2 aromatic rings. The predicted octanol–water partition coefficient (Wildman–Crippen LogP) is 3.28. The molecule has 2 amide bonds. The van der Waals surface area contributed by atoms with Gasteiger partial charge < -0.3 is 10.1 Å². The molecule has 0 aliphatic heterocycles. The topological polar surface area (TPSA) is 75.7 Å². The fraction of sp³-hybridized carbons (Fsp3) is 0.286. The van der Waals surface area contributed by atoms with Gasteiger partial charge in [0.25, 0.3) is 5.91 Å². The van der Waals surface area contributed by atoms with Gasteiger partial charge in [-0.25, -0.2) is 0 Å². The van der Waals surface area contributed by atoms with Gasteiger partial charge in [-0.1, -0.05) is 29.8 Å². The van der Waals surface area contributed by atoms with E-state index in [1.807, 2.05) is 32.0 Å². The molecular weight excluding hydrogens is 380 g/mol. The highest BCUT2D eigenvalue weighted by atomic mass is 35.5. The van der Waals surface area contributed by atoms with Crippen molar-refractivity contribution in [3.05, 3.63) is 64.2 Å². The maximum Gasteiger partial charge on any atom is 0.325 e. The number of carbonyl (C=O) groups excluding carboxylic acids is 3. The van der Waals surface area contributed by atoms with E-state index in [-0.39, 0.29) is 25.6 Å². The number of rotatable bonds is 7. The Labute approximate surface area is 169 Å². The lowest BCUT2D eigenvalue weighted by Gasteiger charge is -2.26. The van der Waals surface area contributed by atoms with Gasteiger partial charge in [-0.3, -0.25) is 19.3 Å². The lowest BCUT2D eigenvalue weighted by atomic mass is 10.1. The molecule has 0 aliphatic rings. The van der Waals surface area contributed by atoms with Gasteiger partial charge in [0.2, 0.25) is 5.91 Å². The summed E-state index contributed by atoms with van der Waals surface area (Å²) < 4.78 is 4.80. The summed E-state index contributed by atoms with van der Waals surface area (Å²) >= 11 is 5.91. The van der Waals surface area contributed by atoms with Crippen LogP contribution in [0.25, 0.3) is 0 Å². The van der Waals surface area contributed by atoms with Gasteiger partial charge in [0.05, 0.1) is 12.3 Å². The summed E-state index contributed by atoms with van der Waals surface area (Å²) in [4.78, 5) is 38.4. The third-order valence-corrected chi connectivity index (χ3v) is 4.33. The summed E-state index contributed by atoms with van der Waals surface area (Å²) in [6.45, 7) is 5.20. The first kappa shape index (κ1) is 21.4. The molecule has 0 saturated heterocycles. The van der Waals surface area contributed by atoms with Crippen LogP contribution < -0.4 is 10.2 Å². The molecule has 7 heteroatoms. The van der Waals surface area contributed by atoms with E-state index >= 15 is 0 Å². The van der Waals surface area contributed by atoms with Crippen LogP contribution in [-0.2, 0) is 14.3 Å². The van der Waals surface area contributed by atoms with Gasteiger partial charge in [0, 0.05) is 10.6 Å². The van der Waals surface area contributed by atoms with Crippen molar-refractivity contribution in [3.63, 3.8) is 0 Å². The van der Waals surface area contributed by atoms with Crippen molar-refractivity contribution in [2.75, 3.05) is 24.6 Å². The summed E-state index contributed by atoms with van der Waals surface area (Å²) in [6.07, 6.45) is 0. The van der Waals surface area contributed by atoms with Crippen molar-refractivity contribution in [3.8, 4) is 0 Å². The van der Waals surface area contributed by atoms with Gasteiger partial charge in [-0.05, 0) is 56.2 Å². The van der Waals surface area contributed by atoms with Crippen LogP contribution in [0.2, 0.25) is 5.02 Å². The van der Waals surface area contributed by atoms with E-state index in [0.29, 0.717) is 16.3 Å². The van der Waals surface area contributed by atoms with Gasteiger partial charge in [0.1, 0.15) is 13.1 Å². The number of carbonyl (C=O) groups is 3. The fourth-order valence-electron chi connectivity index (χ4n) is 2.81. The predicted molar refractivity (Wildman–Crippen MR) is 109 cm³/mol. The summed E-state index contributed by atoms with van der Waals surface area (Å²) in [5.41, 5.74) is 2.79. The average Bonchev–Trinajstić information content (AvgIpc) is 2.65. The van der Waals surface area contributed by atoms with E-state index < -0.39 is 11.9 Å². The zero-order chi connectivity index (χ0) is 20.7. The highest BCUT2D eigenvalue weighted by molar-refractivity contribution is 6.30. The SMILES string of the molecule is CCOC(=O)CNC(=O)CN(C(=O)c1ccc(Cl)cc1)c1c(C)cccc1C. The molecule has 0 saturated carbocycles. The molecule has 0 aliphatic carbocycles. The van der Waals surface area contributed by atoms with Crippen molar-refractivity contribution in [2.24, 2.45) is 0 Å². The number of esters is 1.